The number of ether oxygens (including phenoxy) is 1. The number of hydrogen-bond donors (Lipinski definition) is 0. The van der Waals surface area contributed by atoms with Crippen molar-refractivity contribution in [2.75, 3.05) is 18.0 Å². The summed E-state index contributed by atoms with van der Waals surface area (Å²) in [6, 6.07) is 19.1. The summed E-state index contributed by atoms with van der Waals surface area (Å²) in [5.74, 6) is -0.576. The van der Waals surface area contributed by atoms with E-state index in [-0.39, 0.29) is 17.0 Å². The average Bonchev–Trinajstić information content (AvgIpc) is 2.67. The molecule has 0 bridgehead atoms. The molecular weight excluding hydrogens is 350 g/mol. The Morgan fingerprint density at radius 3 is 2.31 bits per heavy atom. The number of benzene rings is 3. The molecule has 0 saturated heterocycles. The standard InChI is InChI=1S/C20H19NO4S/c1-3-21(19-11-7-6-10-18(19)20(22)25-2)26(23,24)17-13-12-15-8-4-5-9-16(15)14-17/h4-14H,3H2,1-2H3. The van der Waals surface area contributed by atoms with Crippen LogP contribution in [0, 0.1) is 0 Å². The lowest BCUT2D eigenvalue weighted by Gasteiger charge is -2.24. The van der Waals surface area contributed by atoms with Crippen molar-refractivity contribution in [2.24, 2.45) is 0 Å². The molecule has 134 valence electrons. The van der Waals surface area contributed by atoms with Gasteiger partial charge in [0.1, 0.15) is 0 Å². The van der Waals surface area contributed by atoms with E-state index in [1.807, 2.05) is 24.3 Å². The van der Waals surface area contributed by atoms with Gasteiger partial charge in [-0.3, -0.25) is 4.31 Å². The zero-order valence-corrected chi connectivity index (χ0v) is 15.4. The summed E-state index contributed by atoms with van der Waals surface area (Å²) in [6.45, 7) is 1.91. The normalized spacial score (nSPS) is 11.3. The van der Waals surface area contributed by atoms with E-state index in [1.165, 1.54) is 11.4 Å². The van der Waals surface area contributed by atoms with Crippen LogP contribution in [0.25, 0.3) is 10.8 Å². The van der Waals surface area contributed by atoms with Gasteiger partial charge in [-0.2, -0.15) is 0 Å². The topological polar surface area (TPSA) is 63.7 Å². The fourth-order valence-corrected chi connectivity index (χ4v) is 4.43. The lowest BCUT2D eigenvalue weighted by atomic mass is 10.1. The number of nitrogens with zero attached hydrogens (tertiary/aromatic N) is 1. The van der Waals surface area contributed by atoms with Crippen LogP contribution in [-0.2, 0) is 14.8 Å². The first kappa shape index (κ1) is 17.9. The minimum Gasteiger partial charge on any atom is -0.465 e. The summed E-state index contributed by atoms with van der Waals surface area (Å²) >= 11 is 0. The number of para-hydroxylation sites is 1. The van der Waals surface area contributed by atoms with Crippen LogP contribution >= 0.6 is 0 Å². The van der Waals surface area contributed by atoms with Crippen molar-refractivity contribution in [1.82, 2.24) is 0 Å². The molecule has 0 unspecified atom stereocenters. The van der Waals surface area contributed by atoms with E-state index in [0.717, 1.165) is 10.8 Å². The number of carbonyl (C=O) groups excluding carboxylic acids is 1. The molecule has 0 N–H and O–H groups in total. The van der Waals surface area contributed by atoms with Gasteiger partial charge in [-0.15, -0.1) is 0 Å². The average molecular weight is 369 g/mol. The smallest absolute Gasteiger partial charge is 0.340 e. The Kier molecular flexibility index (Phi) is 4.95. The van der Waals surface area contributed by atoms with E-state index in [9.17, 15) is 13.2 Å². The Morgan fingerprint density at radius 2 is 1.62 bits per heavy atom. The van der Waals surface area contributed by atoms with Crippen molar-refractivity contribution in [3.63, 3.8) is 0 Å². The Labute approximate surface area is 152 Å². The first-order valence-electron chi connectivity index (χ1n) is 8.18. The van der Waals surface area contributed by atoms with Crippen molar-refractivity contribution in [3.8, 4) is 0 Å². The van der Waals surface area contributed by atoms with Gasteiger partial charge >= 0.3 is 5.97 Å². The minimum absolute atomic E-state index is 0.178. The maximum atomic E-state index is 13.2. The van der Waals surface area contributed by atoms with Crippen molar-refractivity contribution in [1.29, 1.82) is 0 Å². The summed E-state index contributed by atoms with van der Waals surface area (Å²) < 4.78 is 32.5. The van der Waals surface area contributed by atoms with Gasteiger partial charge in [0.05, 0.1) is 23.3 Å². The van der Waals surface area contributed by atoms with E-state index in [4.69, 9.17) is 4.74 Å². The molecule has 0 aliphatic rings. The van der Waals surface area contributed by atoms with Gasteiger partial charge in [-0.05, 0) is 42.0 Å². The van der Waals surface area contributed by atoms with E-state index < -0.39 is 16.0 Å². The Balaban J connectivity index is 2.13. The Hall–Kier alpha value is -2.86. The predicted octanol–water partition coefficient (Wildman–Crippen LogP) is 3.84. The van der Waals surface area contributed by atoms with Crippen LogP contribution in [0.15, 0.2) is 71.6 Å². The highest BCUT2D eigenvalue weighted by Gasteiger charge is 2.27. The van der Waals surface area contributed by atoms with E-state index in [0.29, 0.717) is 5.69 Å². The maximum Gasteiger partial charge on any atom is 0.340 e. The number of rotatable bonds is 5. The molecule has 6 heteroatoms. The second-order valence-electron chi connectivity index (χ2n) is 5.69. The van der Waals surface area contributed by atoms with Crippen molar-refractivity contribution in [2.45, 2.75) is 11.8 Å². The molecular formula is C20H19NO4S. The molecule has 0 aliphatic carbocycles. The summed E-state index contributed by atoms with van der Waals surface area (Å²) in [6.07, 6.45) is 0. The van der Waals surface area contributed by atoms with Gasteiger partial charge in [-0.25, -0.2) is 13.2 Å². The summed E-state index contributed by atoms with van der Waals surface area (Å²) in [4.78, 5) is 12.2. The highest BCUT2D eigenvalue weighted by atomic mass is 32.2. The quantitative estimate of drug-likeness (QED) is 0.641. The van der Waals surface area contributed by atoms with Gasteiger partial charge in [0, 0.05) is 6.54 Å². The van der Waals surface area contributed by atoms with Gasteiger partial charge in [-0.1, -0.05) is 42.5 Å². The molecule has 0 aromatic heterocycles. The number of carbonyl (C=O) groups is 1. The van der Waals surface area contributed by atoms with Crippen LogP contribution in [0.2, 0.25) is 0 Å². The van der Waals surface area contributed by atoms with Crippen LogP contribution in [0.1, 0.15) is 17.3 Å². The fourth-order valence-electron chi connectivity index (χ4n) is 2.90. The van der Waals surface area contributed by atoms with Gasteiger partial charge < -0.3 is 4.74 Å². The molecule has 0 radical (unpaired) electrons. The molecule has 0 aliphatic heterocycles. The van der Waals surface area contributed by atoms with E-state index >= 15 is 0 Å². The molecule has 5 nitrogen and oxygen atoms in total. The number of methoxy groups -OCH3 is 1. The second kappa shape index (κ2) is 7.17. The molecule has 0 spiro atoms. The first-order valence-corrected chi connectivity index (χ1v) is 9.62. The van der Waals surface area contributed by atoms with Crippen molar-refractivity contribution >= 4 is 32.5 Å². The lowest BCUT2D eigenvalue weighted by molar-refractivity contribution is 0.0601. The minimum atomic E-state index is -3.83. The van der Waals surface area contributed by atoms with Crippen LogP contribution in [0.5, 0.6) is 0 Å². The molecule has 0 saturated carbocycles. The van der Waals surface area contributed by atoms with Crippen LogP contribution in [-0.4, -0.2) is 28.0 Å². The molecule has 26 heavy (non-hydrogen) atoms. The zero-order valence-electron chi connectivity index (χ0n) is 14.5. The maximum absolute atomic E-state index is 13.2. The second-order valence-corrected chi connectivity index (χ2v) is 7.55. The molecule has 3 rings (SSSR count). The third kappa shape index (κ3) is 3.15. The highest BCUT2D eigenvalue weighted by Crippen LogP contribution is 2.29. The van der Waals surface area contributed by atoms with Crippen molar-refractivity contribution < 1.29 is 17.9 Å². The highest BCUT2D eigenvalue weighted by molar-refractivity contribution is 7.92. The largest absolute Gasteiger partial charge is 0.465 e. The molecule has 0 heterocycles. The van der Waals surface area contributed by atoms with Crippen LogP contribution in [0.3, 0.4) is 0 Å². The first-order chi connectivity index (χ1) is 12.5. The Bertz CT molecular complexity index is 1060. The SMILES string of the molecule is CCN(c1ccccc1C(=O)OC)S(=O)(=O)c1ccc2ccccc2c1. The molecule has 0 atom stereocenters. The number of sulfonamides is 1. The number of esters is 1. The monoisotopic (exact) mass is 369 g/mol. The van der Waals surface area contributed by atoms with Crippen LogP contribution < -0.4 is 4.31 Å². The zero-order chi connectivity index (χ0) is 18.7. The van der Waals surface area contributed by atoms with Crippen LogP contribution in [0.4, 0.5) is 5.69 Å². The molecule has 0 fully saturated rings. The van der Waals surface area contributed by atoms with Gasteiger partial charge in [0.2, 0.25) is 0 Å². The summed E-state index contributed by atoms with van der Waals surface area (Å²) in [7, 11) is -2.56. The molecule has 0 amide bonds. The predicted molar refractivity (Wildman–Crippen MR) is 102 cm³/mol. The van der Waals surface area contributed by atoms with E-state index in [1.54, 1.807) is 49.4 Å². The Morgan fingerprint density at radius 1 is 0.962 bits per heavy atom. The third-order valence-corrected chi connectivity index (χ3v) is 6.06. The molecule has 3 aromatic carbocycles. The number of fused-ring (bicyclic) bond motifs is 1. The summed E-state index contributed by atoms with van der Waals surface area (Å²) in [5, 5.41) is 1.80. The molecule has 3 aromatic rings. The number of anilines is 1. The fraction of sp³-hybridized carbons (Fsp3) is 0.150. The number of hydrogen-bond acceptors (Lipinski definition) is 4. The van der Waals surface area contributed by atoms with E-state index in [2.05, 4.69) is 0 Å². The van der Waals surface area contributed by atoms with Gasteiger partial charge in [0.15, 0.2) is 0 Å². The summed E-state index contributed by atoms with van der Waals surface area (Å²) in [5.41, 5.74) is 0.510. The lowest BCUT2D eigenvalue weighted by Crippen LogP contribution is -2.32. The van der Waals surface area contributed by atoms with Gasteiger partial charge in [0.25, 0.3) is 10.0 Å². The van der Waals surface area contributed by atoms with Crippen molar-refractivity contribution in [3.05, 3.63) is 72.3 Å². The third-order valence-electron chi connectivity index (χ3n) is 4.17.